The van der Waals surface area contributed by atoms with Crippen molar-refractivity contribution in [3.63, 3.8) is 0 Å². The van der Waals surface area contributed by atoms with Gasteiger partial charge in [-0.3, -0.25) is 9.36 Å². The molecule has 1 aliphatic heterocycles. The van der Waals surface area contributed by atoms with Gasteiger partial charge in [-0.05, 0) is 18.9 Å². The number of thiazole rings is 2. The van der Waals surface area contributed by atoms with Gasteiger partial charge in [-0.15, -0.1) is 11.3 Å². The van der Waals surface area contributed by atoms with Crippen LogP contribution < -0.4 is 15.4 Å². The van der Waals surface area contributed by atoms with E-state index in [0.29, 0.717) is 25.7 Å². The number of nitrogens with zero attached hydrogens (tertiary/aromatic N) is 4. The molecule has 2 aliphatic rings. The van der Waals surface area contributed by atoms with E-state index >= 15 is 0 Å². The van der Waals surface area contributed by atoms with Crippen LogP contribution in [0.15, 0.2) is 70.0 Å². The minimum absolute atomic E-state index is 0.103. The highest BCUT2D eigenvalue weighted by atomic mass is 32.1. The summed E-state index contributed by atoms with van der Waals surface area (Å²) in [6.07, 6.45) is 5.40. The van der Waals surface area contributed by atoms with Gasteiger partial charge in [0.2, 0.25) is 11.0 Å². The predicted molar refractivity (Wildman–Crippen MR) is 134 cm³/mol. The molecule has 0 unspecified atom stereocenters. The van der Waals surface area contributed by atoms with Gasteiger partial charge in [0.15, 0.2) is 4.80 Å². The lowest BCUT2D eigenvalue weighted by atomic mass is 9.95. The Morgan fingerprint density at radius 2 is 1.76 bits per heavy atom. The lowest BCUT2D eigenvalue weighted by molar-refractivity contribution is -0.112. The fourth-order valence-electron chi connectivity index (χ4n) is 4.72. The molecule has 1 saturated carbocycles. The van der Waals surface area contributed by atoms with E-state index in [1.54, 1.807) is 0 Å². The lowest BCUT2D eigenvalue weighted by Gasteiger charge is -2.23. The molecule has 1 fully saturated rings. The molecule has 34 heavy (non-hydrogen) atoms. The highest BCUT2D eigenvalue weighted by Crippen LogP contribution is 2.36. The van der Waals surface area contributed by atoms with E-state index in [1.165, 1.54) is 29.1 Å². The third-order valence-electron chi connectivity index (χ3n) is 6.36. The zero-order valence-corrected chi connectivity index (χ0v) is 20.0. The van der Waals surface area contributed by atoms with Crippen molar-refractivity contribution in [2.75, 3.05) is 0 Å². The van der Waals surface area contributed by atoms with Crippen LogP contribution in [0.1, 0.15) is 43.0 Å². The molecule has 0 saturated heterocycles. The second-order valence-corrected chi connectivity index (χ2v) is 10.3. The Kier molecular flexibility index (Phi) is 5.47. The van der Waals surface area contributed by atoms with Crippen molar-refractivity contribution < 1.29 is 9.90 Å². The van der Waals surface area contributed by atoms with E-state index in [0.717, 1.165) is 42.2 Å². The number of carbonyl (C=O) groups excluding carboxylic acids is 1. The number of hydrogen-bond donors (Lipinski definition) is 1. The van der Waals surface area contributed by atoms with Gasteiger partial charge >= 0.3 is 0 Å². The molecule has 0 radical (unpaired) electrons. The number of rotatable bonds is 4. The molecule has 2 aromatic heterocycles. The fraction of sp³-hybridized carbons (Fsp3) is 0.231. The second-order valence-electron chi connectivity index (χ2n) is 8.50. The lowest BCUT2D eigenvalue weighted by Crippen LogP contribution is -2.22. The summed E-state index contributed by atoms with van der Waals surface area (Å²) in [5.41, 5.74) is 2.37. The molecule has 8 heteroatoms. The molecular formula is C26H22N4O2S2. The summed E-state index contributed by atoms with van der Waals surface area (Å²) in [5.74, 6) is -0.216. The molecule has 170 valence electrons. The number of hydrogen-bond acceptors (Lipinski definition) is 6. The van der Waals surface area contributed by atoms with Crippen molar-refractivity contribution in [3.05, 3.63) is 80.2 Å². The number of benzene rings is 2. The Balaban J connectivity index is 1.52. The molecule has 3 heterocycles. The Hall–Kier alpha value is -3.36. The third-order valence-corrected chi connectivity index (χ3v) is 8.16. The first kappa shape index (κ1) is 21.2. The van der Waals surface area contributed by atoms with E-state index in [1.807, 2.05) is 64.5 Å². The quantitative estimate of drug-likeness (QED) is 0.462. The van der Waals surface area contributed by atoms with Crippen LogP contribution >= 0.6 is 22.7 Å². The van der Waals surface area contributed by atoms with E-state index in [4.69, 9.17) is 9.98 Å². The van der Waals surface area contributed by atoms with Gasteiger partial charge in [-0.25, -0.2) is 9.98 Å². The van der Waals surface area contributed by atoms with Gasteiger partial charge in [0, 0.05) is 22.2 Å². The number of carbonyl (C=O) groups is 1. The standard InChI is InChI=1S/C26H22N4O2S2/c31-23-21(18-13-7-8-14-19(18)27-23)22-24(32)30(17-11-5-2-6-12-17)26(34-22)29-25-28-20(15-33-25)16-9-3-1-4-10-16/h1,3-4,7-10,13-15,17,32H,2,5-6,11-12H2/b29-26+. The van der Waals surface area contributed by atoms with Crippen LogP contribution in [-0.2, 0) is 4.79 Å². The zero-order valence-electron chi connectivity index (χ0n) is 18.3. The molecule has 4 aromatic rings. The minimum atomic E-state index is -0.319. The average Bonchev–Trinajstić information content (AvgIpc) is 3.55. The number of aromatic nitrogens is 2. The summed E-state index contributed by atoms with van der Waals surface area (Å²) in [6.45, 7) is 0. The van der Waals surface area contributed by atoms with Crippen molar-refractivity contribution in [2.24, 2.45) is 9.98 Å². The Bertz CT molecular complexity index is 1570. The maximum atomic E-state index is 12.8. The van der Waals surface area contributed by atoms with E-state index in [2.05, 4.69) is 4.99 Å². The summed E-state index contributed by atoms with van der Waals surface area (Å²) >= 11 is 2.81. The topological polar surface area (TPSA) is 79.8 Å². The molecule has 1 aliphatic carbocycles. The van der Waals surface area contributed by atoms with Crippen LogP contribution in [0.3, 0.4) is 0 Å². The van der Waals surface area contributed by atoms with Crippen LogP contribution in [0.25, 0.3) is 16.8 Å². The Labute approximate surface area is 203 Å². The minimum Gasteiger partial charge on any atom is -0.493 e. The van der Waals surface area contributed by atoms with E-state index in [9.17, 15) is 9.90 Å². The van der Waals surface area contributed by atoms with Crippen molar-refractivity contribution in [1.29, 1.82) is 0 Å². The van der Waals surface area contributed by atoms with Crippen molar-refractivity contribution in [3.8, 4) is 17.1 Å². The van der Waals surface area contributed by atoms with E-state index in [-0.39, 0.29) is 17.8 Å². The third kappa shape index (κ3) is 3.73. The van der Waals surface area contributed by atoms with Gasteiger partial charge < -0.3 is 5.11 Å². The largest absolute Gasteiger partial charge is 0.493 e. The maximum Gasteiger partial charge on any atom is 0.279 e. The predicted octanol–water partition coefficient (Wildman–Crippen LogP) is 4.48. The zero-order chi connectivity index (χ0) is 23.1. The van der Waals surface area contributed by atoms with Gasteiger partial charge in [-0.2, -0.15) is 4.99 Å². The average molecular weight is 487 g/mol. The molecule has 0 spiro atoms. The van der Waals surface area contributed by atoms with Gasteiger partial charge in [0.25, 0.3) is 5.91 Å². The van der Waals surface area contributed by atoms with Crippen LogP contribution in [0.5, 0.6) is 5.88 Å². The number of para-hydroxylation sites is 1. The number of aromatic hydroxyl groups is 1. The summed E-state index contributed by atoms with van der Waals surface area (Å²) in [7, 11) is 0. The highest BCUT2D eigenvalue weighted by molar-refractivity contribution is 7.14. The van der Waals surface area contributed by atoms with Crippen molar-refractivity contribution >= 4 is 39.3 Å². The molecular weight excluding hydrogens is 464 g/mol. The first-order valence-corrected chi connectivity index (χ1v) is 13.1. The molecule has 6 rings (SSSR count). The normalized spacial score (nSPS) is 16.6. The first-order chi connectivity index (χ1) is 16.7. The molecule has 0 atom stereocenters. The fourth-order valence-corrected chi connectivity index (χ4v) is 6.61. The van der Waals surface area contributed by atoms with Gasteiger partial charge in [0.1, 0.15) is 4.88 Å². The van der Waals surface area contributed by atoms with Crippen LogP contribution in [0.4, 0.5) is 5.13 Å². The molecule has 6 nitrogen and oxygen atoms in total. The Morgan fingerprint density at radius 3 is 2.59 bits per heavy atom. The van der Waals surface area contributed by atoms with E-state index < -0.39 is 0 Å². The summed E-state index contributed by atoms with van der Waals surface area (Å²) < 4.78 is 1.92. The summed E-state index contributed by atoms with van der Waals surface area (Å²) in [6, 6.07) is 17.6. The summed E-state index contributed by atoms with van der Waals surface area (Å²) in [5, 5.41) is 15.4. The smallest absolute Gasteiger partial charge is 0.279 e. The SMILES string of the molecule is O=C1N=c2ccccc2=C1c1s/c(=N/c2nc(-c3ccccc3)cs2)n(C2CCCCC2)c1O. The van der Waals surface area contributed by atoms with Crippen LogP contribution in [-0.4, -0.2) is 20.6 Å². The van der Waals surface area contributed by atoms with Crippen LogP contribution in [0.2, 0.25) is 0 Å². The first-order valence-electron chi connectivity index (χ1n) is 11.4. The monoisotopic (exact) mass is 486 g/mol. The maximum absolute atomic E-state index is 12.8. The van der Waals surface area contributed by atoms with Gasteiger partial charge in [0.05, 0.1) is 16.6 Å². The molecule has 2 aromatic carbocycles. The number of amides is 1. The molecule has 1 amide bonds. The number of fused-ring (bicyclic) bond motifs is 1. The van der Waals surface area contributed by atoms with Gasteiger partial charge in [-0.1, -0.05) is 79.1 Å². The second kappa shape index (κ2) is 8.77. The highest BCUT2D eigenvalue weighted by Gasteiger charge is 2.28. The van der Waals surface area contributed by atoms with Crippen molar-refractivity contribution in [2.45, 2.75) is 38.1 Å². The summed E-state index contributed by atoms with van der Waals surface area (Å²) in [4.78, 5) is 27.8. The Morgan fingerprint density at radius 1 is 1.00 bits per heavy atom. The molecule has 1 N–H and O–H groups in total. The van der Waals surface area contributed by atoms with Crippen molar-refractivity contribution in [1.82, 2.24) is 9.55 Å². The molecule has 0 bridgehead atoms. The van der Waals surface area contributed by atoms with Crippen LogP contribution in [0, 0.1) is 0 Å².